The summed E-state index contributed by atoms with van der Waals surface area (Å²) in [6.45, 7) is 3.62. The zero-order chi connectivity index (χ0) is 10.7. The maximum atomic E-state index is 9.63. The Morgan fingerprint density at radius 3 is 2.79 bits per heavy atom. The molecule has 1 aliphatic rings. The van der Waals surface area contributed by atoms with Gasteiger partial charge in [-0.15, -0.1) is 0 Å². The van der Waals surface area contributed by atoms with Crippen molar-refractivity contribution in [2.45, 2.75) is 20.3 Å². The molecule has 0 aromatic rings. The first kappa shape index (κ1) is 10.4. The highest BCUT2D eigenvalue weighted by Gasteiger charge is 2.16. The first-order chi connectivity index (χ1) is 6.60. The minimum atomic E-state index is 0.0937. The summed E-state index contributed by atoms with van der Waals surface area (Å²) in [4.78, 5) is 0. The molecule has 4 N–H and O–H groups in total. The topological polar surface area (TPSA) is 78.8 Å². The third kappa shape index (κ3) is 1.79. The Kier molecular flexibility index (Phi) is 2.96. The molecule has 0 atom stereocenters. The highest BCUT2D eigenvalue weighted by molar-refractivity contribution is 5.98. The predicted octanol–water partition coefficient (Wildman–Crippen LogP) is 1.84. The number of aliphatic hydroxyl groups is 1. The van der Waals surface area contributed by atoms with E-state index >= 15 is 0 Å². The van der Waals surface area contributed by atoms with Crippen LogP contribution in [0.15, 0.2) is 39.8 Å². The molecule has 0 fully saturated rings. The number of rotatable bonds is 1. The maximum absolute atomic E-state index is 9.63. The summed E-state index contributed by atoms with van der Waals surface area (Å²) in [5, 5.41) is 21.1. The van der Waals surface area contributed by atoms with Gasteiger partial charge in [0.05, 0.1) is 0 Å². The fourth-order valence-electron chi connectivity index (χ4n) is 1.39. The summed E-state index contributed by atoms with van der Waals surface area (Å²) in [5.74, 6) is 0.373. The molecule has 0 spiro atoms. The molecule has 0 unspecified atom stereocenters. The minimum Gasteiger partial charge on any atom is -0.507 e. The van der Waals surface area contributed by atoms with Crippen LogP contribution in [-0.2, 0) is 0 Å². The highest BCUT2D eigenvalue weighted by atomic mass is 16.4. The molecule has 0 heterocycles. The molecule has 0 saturated carbocycles. The smallest absolute Gasteiger partial charge is 0.166 e. The Labute approximate surface area is 82.7 Å². The molecule has 0 saturated heterocycles. The van der Waals surface area contributed by atoms with Crippen LogP contribution in [-0.4, -0.2) is 16.1 Å². The first-order valence-electron chi connectivity index (χ1n) is 4.34. The van der Waals surface area contributed by atoms with E-state index in [2.05, 4.69) is 5.16 Å². The zero-order valence-electron chi connectivity index (χ0n) is 8.28. The molecule has 0 bridgehead atoms. The molecule has 4 nitrogen and oxygen atoms in total. The molecule has 14 heavy (non-hydrogen) atoms. The van der Waals surface area contributed by atoms with Gasteiger partial charge in [-0.1, -0.05) is 11.2 Å². The van der Waals surface area contributed by atoms with Gasteiger partial charge < -0.3 is 16.0 Å². The van der Waals surface area contributed by atoms with Gasteiger partial charge in [0.25, 0.3) is 0 Å². The molecular formula is C10H14N2O2. The second-order valence-electron chi connectivity index (χ2n) is 3.18. The number of allylic oxidation sites excluding steroid dienone is 4. The summed E-state index contributed by atoms with van der Waals surface area (Å²) < 4.78 is 0. The van der Waals surface area contributed by atoms with Crippen molar-refractivity contribution in [3.05, 3.63) is 34.6 Å². The van der Waals surface area contributed by atoms with E-state index in [4.69, 9.17) is 10.9 Å². The quantitative estimate of drug-likeness (QED) is 0.258. The first-order valence-corrected chi connectivity index (χ1v) is 4.34. The van der Waals surface area contributed by atoms with Gasteiger partial charge in [0.15, 0.2) is 5.84 Å². The molecule has 1 aliphatic carbocycles. The molecule has 0 aromatic heterocycles. The van der Waals surface area contributed by atoms with E-state index in [1.54, 1.807) is 13.0 Å². The Hall–Kier alpha value is -1.71. The van der Waals surface area contributed by atoms with Crippen LogP contribution < -0.4 is 5.73 Å². The third-order valence-electron chi connectivity index (χ3n) is 2.23. The number of hydrogen-bond acceptors (Lipinski definition) is 3. The molecule has 4 heteroatoms. The molecule has 0 aromatic carbocycles. The molecule has 0 amide bonds. The molecule has 76 valence electrons. The summed E-state index contributed by atoms with van der Waals surface area (Å²) >= 11 is 0. The van der Waals surface area contributed by atoms with Crippen LogP contribution in [0, 0.1) is 0 Å². The number of nitrogens with zero attached hydrogens (tertiary/aromatic N) is 1. The summed E-state index contributed by atoms with van der Waals surface area (Å²) in [7, 11) is 0. The van der Waals surface area contributed by atoms with Crippen LogP contribution >= 0.6 is 0 Å². The van der Waals surface area contributed by atoms with Crippen LogP contribution in [0.2, 0.25) is 0 Å². The molecular weight excluding hydrogens is 180 g/mol. The lowest BCUT2D eigenvalue weighted by molar-refractivity contribution is 0.318. The van der Waals surface area contributed by atoms with Gasteiger partial charge in [-0.3, -0.25) is 0 Å². The summed E-state index contributed by atoms with van der Waals surface area (Å²) in [5.41, 5.74) is 7.72. The van der Waals surface area contributed by atoms with Crippen molar-refractivity contribution >= 4 is 5.84 Å². The average Bonchev–Trinajstić information content (AvgIpc) is 2.20. The van der Waals surface area contributed by atoms with Crippen LogP contribution in [0.4, 0.5) is 0 Å². The van der Waals surface area contributed by atoms with Crippen molar-refractivity contribution in [2.24, 2.45) is 10.9 Å². The molecule has 1 rings (SSSR count). The lowest BCUT2D eigenvalue weighted by atomic mass is 9.93. The van der Waals surface area contributed by atoms with Crippen molar-refractivity contribution < 1.29 is 10.3 Å². The maximum Gasteiger partial charge on any atom is 0.166 e. The van der Waals surface area contributed by atoms with Gasteiger partial charge in [0.1, 0.15) is 5.76 Å². The van der Waals surface area contributed by atoms with Gasteiger partial charge in [0.2, 0.25) is 0 Å². The number of amidine groups is 1. The van der Waals surface area contributed by atoms with Crippen molar-refractivity contribution in [3.8, 4) is 0 Å². The fraction of sp³-hybridized carbons (Fsp3) is 0.300. The highest BCUT2D eigenvalue weighted by Crippen LogP contribution is 2.27. The van der Waals surface area contributed by atoms with Gasteiger partial charge in [-0.05, 0) is 31.1 Å². The Morgan fingerprint density at radius 1 is 1.64 bits per heavy atom. The van der Waals surface area contributed by atoms with E-state index in [1.165, 1.54) is 0 Å². The SMILES string of the molecule is C/C=C1/CC(C(N)=NO)=CC(C)=C1O. The van der Waals surface area contributed by atoms with Gasteiger partial charge in [0, 0.05) is 12.0 Å². The van der Waals surface area contributed by atoms with Crippen molar-refractivity contribution in [2.75, 3.05) is 0 Å². The number of nitrogens with two attached hydrogens (primary N) is 1. The normalized spacial score (nSPS) is 21.4. The number of hydrogen-bond donors (Lipinski definition) is 3. The van der Waals surface area contributed by atoms with E-state index in [-0.39, 0.29) is 11.6 Å². The Balaban J connectivity index is 3.12. The van der Waals surface area contributed by atoms with E-state index < -0.39 is 0 Å². The number of oxime groups is 1. The van der Waals surface area contributed by atoms with Crippen LogP contribution in [0.3, 0.4) is 0 Å². The van der Waals surface area contributed by atoms with E-state index in [0.717, 1.165) is 16.7 Å². The van der Waals surface area contributed by atoms with Crippen LogP contribution in [0.1, 0.15) is 20.3 Å². The summed E-state index contributed by atoms with van der Waals surface area (Å²) in [6, 6.07) is 0. The zero-order valence-corrected chi connectivity index (χ0v) is 8.28. The van der Waals surface area contributed by atoms with Crippen LogP contribution in [0.5, 0.6) is 0 Å². The largest absolute Gasteiger partial charge is 0.507 e. The van der Waals surface area contributed by atoms with Crippen molar-refractivity contribution in [3.63, 3.8) is 0 Å². The minimum absolute atomic E-state index is 0.0937. The van der Waals surface area contributed by atoms with Gasteiger partial charge >= 0.3 is 0 Å². The van der Waals surface area contributed by atoms with E-state index in [0.29, 0.717) is 6.42 Å². The second kappa shape index (κ2) is 4.00. The number of aliphatic hydroxyl groups excluding tert-OH is 1. The van der Waals surface area contributed by atoms with E-state index in [1.807, 2.05) is 13.0 Å². The second-order valence-corrected chi connectivity index (χ2v) is 3.18. The lowest BCUT2D eigenvalue weighted by Crippen LogP contribution is -2.18. The Bertz CT molecular complexity index is 362. The van der Waals surface area contributed by atoms with Crippen LogP contribution in [0.25, 0.3) is 0 Å². The van der Waals surface area contributed by atoms with Gasteiger partial charge in [-0.2, -0.15) is 0 Å². The van der Waals surface area contributed by atoms with Gasteiger partial charge in [-0.25, -0.2) is 0 Å². The fourth-order valence-corrected chi connectivity index (χ4v) is 1.39. The third-order valence-corrected chi connectivity index (χ3v) is 2.23. The molecule has 0 radical (unpaired) electrons. The van der Waals surface area contributed by atoms with E-state index in [9.17, 15) is 5.11 Å². The van der Waals surface area contributed by atoms with Crippen molar-refractivity contribution in [1.29, 1.82) is 0 Å². The van der Waals surface area contributed by atoms with Crippen molar-refractivity contribution in [1.82, 2.24) is 0 Å². The standard InChI is InChI=1S/C10H14N2O2/c1-3-7-5-8(10(11)12-14)4-6(2)9(7)13/h3-4,13-14H,5H2,1-2H3,(H2,11,12)/b7-3-. The monoisotopic (exact) mass is 194 g/mol. The average molecular weight is 194 g/mol. The Morgan fingerprint density at radius 2 is 2.29 bits per heavy atom. The summed E-state index contributed by atoms with van der Waals surface area (Å²) in [6.07, 6.45) is 4.03. The predicted molar refractivity (Wildman–Crippen MR) is 55.2 cm³/mol. The molecule has 0 aliphatic heterocycles. The lowest BCUT2D eigenvalue weighted by Gasteiger charge is -2.16.